The molecule has 1 aromatic heterocycles. The van der Waals surface area contributed by atoms with Gasteiger partial charge in [-0.2, -0.15) is 5.10 Å². The first-order valence-electron chi connectivity index (χ1n) is 14.8. The number of aryl methyl sites for hydroxylation is 1. The number of hydrogen-bond donors (Lipinski definition) is 4. The van der Waals surface area contributed by atoms with Crippen molar-refractivity contribution in [3.8, 4) is 0 Å². The van der Waals surface area contributed by atoms with Crippen LogP contribution in [0.1, 0.15) is 67.9 Å². The van der Waals surface area contributed by atoms with Crippen molar-refractivity contribution in [2.75, 3.05) is 31.5 Å². The first kappa shape index (κ1) is 30.2. The molecule has 41 heavy (non-hydrogen) atoms. The van der Waals surface area contributed by atoms with E-state index in [1.807, 2.05) is 12.1 Å². The van der Waals surface area contributed by atoms with E-state index in [1.165, 1.54) is 11.1 Å². The van der Waals surface area contributed by atoms with Crippen LogP contribution in [-0.4, -0.2) is 76.6 Å². The summed E-state index contributed by atoms with van der Waals surface area (Å²) < 4.78 is 1.49. The van der Waals surface area contributed by atoms with Gasteiger partial charge in [-0.05, 0) is 62.0 Å². The summed E-state index contributed by atoms with van der Waals surface area (Å²) in [7, 11) is 1.70. The van der Waals surface area contributed by atoms with Gasteiger partial charge in [0.05, 0.1) is 0 Å². The molecular formula is C30H43N7O4. The fraction of sp³-hybridized carbons (Fsp3) is 0.567. The number of benzene rings is 1. The highest BCUT2D eigenvalue weighted by atomic mass is 16.2. The molecule has 2 aliphatic rings. The number of carbonyl (C=O) groups is 4. The molecule has 4 N–H and O–H groups in total. The number of nitrogens with zero attached hydrogens (tertiary/aromatic N) is 3. The third-order valence-corrected chi connectivity index (χ3v) is 8.05. The number of hydrogen-bond acceptors (Lipinski definition) is 6. The van der Waals surface area contributed by atoms with Crippen LogP contribution in [0.4, 0.5) is 5.69 Å². The van der Waals surface area contributed by atoms with Crippen molar-refractivity contribution in [2.24, 2.45) is 13.0 Å². The molecule has 0 spiro atoms. The maximum atomic E-state index is 13.4. The van der Waals surface area contributed by atoms with Gasteiger partial charge in [0, 0.05) is 44.9 Å². The van der Waals surface area contributed by atoms with E-state index in [0.717, 1.165) is 57.3 Å². The lowest BCUT2D eigenvalue weighted by atomic mass is 9.83. The van der Waals surface area contributed by atoms with Gasteiger partial charge in [-0.15, -0.1) is 0 Å². The van der Waals surface area contributed by atoms with Gasteiger partial charge in [0.15, 0.2) is 0 Å². The van der Waals surface area contributed by atoms with Crippen LogP contribution in [-0.2, 0) is 27.9 Å². The SMILES string of the molecule is CCC(=O)N[C@H](Cc1ccc(NC(=O)[C@@H](NC(=O)c2ccnn2C)C2CCCCC2)cc1)C(=O)NCCN1CCC1. The highest BCUT2D eigenvalue weighted by molar-refractivity contribution is 6.00. The van der Waals surface area contributed by atoms with E-state index in [0.29, 0.717) is 30.8 Å². The number of nitrogens with one attached hydrogen (secondary N) is 4. The second kappa shape index (κ2) is 14.8. The maximum absolute atomic E-state index is 13.4. The molecule has 2 atom stereocenters. The van der Waals surface area contributed by atoms with E-state index in [9.17, 15) is 19.2 Å². The van der Waals surface area contributed by atoms with Crippen LogP contribution in [0.2, 0.25) is 0 Å². The van der Waals surface area contributed by atoms with E-state index in [4.69, 9.17) is 0 Å². The second-order valence-electron chi connectivity index (χ2n) is 11.0. The van der Waals surface area contributed by atoms with Gasteiger partial charge >= 0.3 is 0 Å². The largest absolute Gasteiger partial charge is 0.353 e. The van der Waals surface area contributed by atoms with Crippen LogP contribution in [0.3, 0.4) is 0 Å². The molecule has 0 radical (unpaired) electrons. The summed E-state index contributed by atoms with van der Waals surface area (Å²) in [6.45, 7) is 5.23. The van der Waals surface area contributed by atoms with E-state index in [1.54, 1.807) is 38.4 Å². The molecule has 0 bridgehead atoms. The highest BCUT2D eigenvalue weighted by Crippen LogP contribution is 2.27. The molecule has 1 aliphatic carbocycles. The van der Waals surface area contributed by atoms with Crippen LogP contribution in [0.5, 0.6) is 0 Å². The molecule has 1 saturated heterocycles. The van der Waals surface area contributed by atoms with Gasteiger partial charge in [-0.1, -0.05) is 38.3 Å². The molecule has 2 aromatic rings. The van der Waals surface area contributed by atoms with Gasteiger partial charge in [0.2, 0.25) is 17.7 Å². The van der Waals surface area contributed by atoms with Crippen molar-refractivity contribution in [3.05, 3.63) is 47.8 Å². The Bertz CT molecular complexity index is 1190. The Hall–Kier alpha value is -3.73. The van der Waals surface area contributed by atoms with Crippen LogP contribution in [0, 0.1) is 5.92 Å². The zero-order chi connectivity index (χ0) is 29.2. The quantitative estimate of drug-likeness (QED) is 0.293. The normalized spacial score (nSPS) is 17.1. The van der Waals surface area contributed by atoms with Crippen molar-refractivity contribution < 1.29 is 19.2 Å². The summed E-state index contributed by atoms with van der Waals surface area (Å²) >= 11 is 0. The fourth-order valence-corrected chi connectivity index (χ4v) is 5.43. The molecular weight excluding hydrogens is 522 g/mol. The predicted octanol–water partition coefficient (Wildman–Crippen LogP) is 2.00. The Morgan fingerprint density at radius 2 is 1.68 bits per heavy atom. The van der Waals surface area contributed by atoms with Crippen LogP contribution in [0.15, 0.2) is 36.5 Å². The second-order valence-corrected chi connectivity index (χ2v) is 11.0. The summed E-state index contributed by atoms with van der Waals surface area (Å²) in [5.41, 5.74) is 1.86. The van der Waals surface area contributed by atoms with Gasteiger partial charge in [0.25, 0.3) is 5.91 Å². The number of amides is 4. The van der Waals surface area contributed by atoms with Crippen LogP contribution < -0.4 is 21.3 Å². The molecule has 2 fully saturated rings. The zero-order valence-corrected chi connectivity index (χ0v) is 24.2. The molecule has 4 rings (SSSR count). The van der Waals surface area contributed by atoms with Gasteiger partial charge < -0.3 is 26.2 Å². The Balaban J connectivity index is 1.37. The van der Waals surface area contributed by atoms with Crippen molar-refractivity contribution in [1.29, 1.82) is 0 Å². The molecule has 0 unspecified atom stereocenters. The van der Waals surface area contributed by atoms with E-state index in [-0.39, 0.29) is 29.5 Å². The average Bonchev–Trinajstić information content (AvgIpc) is 3.39. The molecule has 1 saturated carbocycles. The summed E-state index contributed by atoms with van der Waals surface area (Å²) in [6, 6.07) is 7.55. The van der Waals surface area contributed by atoms with Gasteiger partial charge in [-0.25, -0.2) is 0 Å². The lowest BCUT2D eigenvalue weighted by Crippen LogP contribution is -2.50. The third kappa shape index (κ3) is 8.63. The number of likely N-dealkylation sites (tertiary alicyclic amines) is 1. The minimum Gasteiger partial charge on any atom is -0.353 e. The summed E-state index contributed by atoms with van der Waals surface area (Å²) in [4.78, 5) is 53.6. The summed E-state index contributed by atoms with van der Waals surface area (Å²) in [5.74, 6) is -0.908. The molecule has 11 nitrogen and oxygen atoms in total. The van der Waals surface area contributed by atoms with E-state index in [2.05, 4.69) is 31.3 Å². The van der Waals surface area contributed by atoms with Crippen molar-refractivity contribution in [2.45, 2.75) is 70.4 Å². The lowest BCUT2D eigenvalue weighted by Gasteiger charge is -2.30. The number of carbonyl (C=O) groups excluding carboxylic acids is 4. The minimum atomic E-state index is -0.683. The average molecular weight is 566 g/mol. The number of aromatic nitrogens is 2. The summed E-state index contributed by atoms with van der Waals surface area (Å²) in [6.07, 6.45) is 8.35. The topological polar surface area (TPSA) is 137 Å². The zero-order valence-electron chi connectivity index (χ0n) is 24.2. The Morgan fingerprint density at radius 3 is 2.29 bits per heavy atom. The fourth-order valence-electron chi connectivity index (χ4n) is 5.43. The van der Waals surface area contributed by atoms with Crippen molar-refractivity contribution in [3.63, 3.8) is 0 Å². The highest BCUT2D eigenvalue weighted by Gasteiger charge is 2.32. The Morgan fingerprint density at radius 1 is 0.951 bits per heavy atom. The molecule has 2 heterocycles. The van der Waals surface area contributed by atoms with Crippen molar-refractivity contribution in [1.82, 2.24) is 30.6 Å². The first-order chi connectivity index (χ1) is 19.8. The maximum Gasteiger partial charge on any atom is 0.270 e. The number of rotatable bonds is 13. The Labute approximate surface area is 241 Å². The predicted molar refractivity (Wildman–Crippen MR) is 156 cm³/mol. The standard InChI is InChI=1S/C30H43N7O4/c1-3-26(38)34-24(28(39)31-16-19-37-17-7-18-37)20-21-10-12-23(13-11-21)33-30(41)27(22-8-5-4-6-9-22)35-29(40)25-14-15-32-36(25)2/h10-15,22,24,27H,3-9,16-20H2,1-2H3,(H,31,39)(H,33,41)(H,34,38)(H,35,40)/t24-,27+/m1/s1. The van der Waals surface area contributed by atoms with Crippen molar-refractivity contribution >= 4 is 29.3 Å². The summed E-state index contributed by atoms with van der Waals surface area (Å²) in [5, 5.41) is 15.8. The molecule has 1 aliphatic heterocycles. The Kier molecular flexibility index (Phi) is 10.9. The van der Waals surface area contributed by atoms with Gasteiger partial charge in [-0.3, -0.25) is 23.9 Å². The first-order valence-corrected chi connectivity index (χ1v) is 14.8. The third-order valence-electron chi connectivity index (χ3n) is 8.05. The smallest absolute Gasteiger partial charge is 0.270 e. The van der Waals surface area contributed by atoms with Crippen LogP contribution >= 0.6 is 0 Å². The van der Waals surface area contributed by atoms with Crippen LogP contribution in [0.25, 0.3) is 0 Å². The molecule has 1 aromatic carbocycles. The lowest BCUT2D eigenvalue weighted by molar-refractivity contribution is -0.128. The minimum absolute atomic E-state index is 0.0581. The monoisotopic (exact) mass is 565 g/mol. The van der Waals surface area contributed by atoms with E-state index < -0.39 is 12.1 Å². The molecule has 222 valence electrons. The number of anilines is 1. The molecule has 11 heteroatoms. The van der Waals surface area contributed by atoms with E-state index >= 15 is 0 Å². The van der Waals surface area contributed by atoms with Gasteiger partial charge in [0.1, 0.15) is 17.8 Å². The molecule has 4 amide bonds.